The number of nitrogens with zero attached hydrogens (tertiary/aromatic N) is 4. The van der Waals surface area contributed by atoms with Crippen molar-refractivity contribution >= 4 is 5.91 Å². The molecule has 0 saturated carbocycles. The number of benzene rings is 1. The van der Waals surface area contributed by atoms with Gasteiger partial charge in [0.05, 0.1) is 0 Å². The van der Waals surface area contributed by atoms with Crippen molar-refractivity contribution in [1.29, 1.82) is 0 Å². The second-order valence-corrected chi connectivity index (χ2v) is 6.98. The molecule has 7 heteroatoms. The van der Waals surface area contributed by atoms with Crippen molar-refractivity contribution in [1.82, 2.24) is 19.9 Å². The van der Waals surface area contributed by atoms with Crippen LogP contribution >= 0.6 is 0 Å². The number of amides is 1. The molecule has 2 aromatic rings. The molecular weight excluding hydrogens is 332 g/mol. The molecule has 2 saturated heterocycles. The largest absolute Gasteiger partial charge is 0.485 e. The molecule has 26 heavy (non-hydrogen) atoms. The van der Waals surface area contributed by atoms with Gasteiger partial charge in [0.15, 0.2) is 6.61 Å². The minimum Gasteiger partial charge on any atom is -0.485 e. The zero-order valence-electron chi connectivity index (χ0n) is 15.1. The van der Waals surface area contributed by atoms with Crippen LogP contribution < -0.4 is 4.74 Å². The van der Waals surface area contributed by atoms with E-state index >= 15 is 0 Å². The van der Waals surface area contributed by atoms with Crippen LogP contribution in [0.4, 0.5) is 0 Å². The normalized spacial score (nSPS) is 20.7. The summed E-state index contributed by atoms with van der Waals surface area (Å²) in [4.78, 5) is 21.3. The third-order valence-corrected chi connectivity index (χ3v) is 5.15. The van der Waals surface area contributed by atoms with E-state index in [4.69, 9.17) is 9.26 Å². The zero-order valence-corrected chi connectivity index (χ0v) is 15.1. The molecule has 1 unspecified atom stereocenters. The Morgan fingerprint density at radius 1 is 1.23 bits per heavy atom. The van der Waals surface area contributed by atoms with Crippen LogP contribution in [0.5, 0.6) is 5.75 Å². The molecule has 1 aromatic heterocycles. The second-order valence-electron chi connectivity index (χ2n) is 6.98. The van der Waals surface area contributed by atoms with Gasteiger partial charge in [-0.25, -0.2) is 0 Å². The summed E-state index contributed by atoms with van der Waals surface area (Å²) in [6.45, 7) is 6.03. The molecule has 4 rings (SSSR count). The fourth-order valence-corrected chi connectivity index (χ4v) is 3.76. The van der Waals surface area contributed by atoms with Crippen molar-refractivity contribution in [3.8, 4) is 5.75 Å². The number of hydrogen-bond donors (Lipinski definition) is 0. The molecule has 138 valence electrons. The molecule has 1 atom stereocenters. The molecule has 2 aliphatic heterocycles. The lowest BCUT2D eigenvalue weighted by Gasteiger charge is -2.23. The molecule has 7 nitrogen and oxygen atoms in total. The minimum absolute atomic E-state index is 0.104. The van der Waals surface area contributed by atoms with Gasteiger partial charge in [0.25, 0.3) is 5.91 Å². The lowest BCUT2D eigenvalue weighted by Crippen LogP contribution is -2.37. The summed E-state index contributed by atoms with van der Waals surface area (Å²) >= 11 is 0. The number of likely N-dealkylation sites (tertiary alicyclic amines) is 2. The van der Waals surface area contributed by atoms with Crippen LogP contribution in [0.1, 0.15) is 41.3 Å². The molecule has 2 aliphatic rings. The predicted octanol–water partition coefficient (Wildman–Crippen LogP) is 2.27. The van der Waals surface area contributed by atoms with Gasteiger partial charge >= 0.3 is 0 Å². The lowest BCUT2D eigenvalue weighted by atomic mass is 10.2. The number of aromatic nitrogens is 2. The van der Waals surface area contributed by atoms with Gasteiger partial charge in [-0.1, -0.05) is 5.16 Å². The average molecular weight is 356 g/mol. The Bertz CT molecular complexity index is 752. The Balaban J connectivity index is 1.32. The van der Waals surface area contributed by atoms with Gasteiger partial charge in [0, 0.05) is 31.6 Å². The lowest BCUT2D eigenvalue weighted by molar-refractivity contribution is 0.0780. The van der Waals surface area contributed by atoms with Gasteiger partial charge in [-0.15, -0.1) is 0 Å². The van der Waals surface area contributed by atoms with Gasteiger partial charge in [-0.3, -0.25) is 9.69 Å². The van der Waals surface area contributed by atoms with E-state index < -0.39 is 0 Å². The number of carbonyl (C=O) groups excluding carboxylic acids is 1. The van der Waals surface area contributed by atoms with Crippen LogP contribution in [0.15, 0.2) is 28.8 Å². The van der Waals surface area contributed by atoms with Crippen molar-refractivity contribution < 1.29 is 14.1 Å². The molecule has 2 fully saturated rings. The Morgan fingerprint density at radius 3 is 2.69 bits per heavy atom. The van der Waals surface area contributed by atoms with E-state index in [0.29, 0.717) is 29.1 Å². The summed E-state index contributed by atoms with van der Waals surface area (Å²) in [6.07, 6.45) is 3.65. The summed E-state index contributed by atoms with van der Waals surface area (Å²) < 4.78 is 10.5. The van der Waals surface area contributed by atoms with Gasteiger partial charge in [0.2, 0.25) is 11.7 Å². The molecule has 0 radical (unpaired) electrons. The molecule has 1 aromatic carbocycles. The van der Waals surface area contributed by atoms with E-state index in [1.807, 2.05) is 29.2 Å². The fourth-order valence-electron chi connectivity index (χ4n) is 3.76. The van der Waals surface area contributed by atoms with Crippen molar-refractivity contribution in [3.63, 3.8) is 0 Å². The first kappa shape index (κ1) is 17.0. The van der Waals surface area contributed by atoms with Crippen LogP contribution in [0, 0.1) is 6.92 Å². The van der Waals surface area contributed by atoms with E-state index in [2.05, 4.69) is 15.0 Å². The summed E-state index contributed by atoms with van der Waals surface area (Å²) in [6, 6.07) is 7.80. The molecular formula is C19H24N4O3. The highest BCUT2D eigenvalue weighted by Crippen LogP contribution is 2.22. The van der Waals surface area contributed by atoms with E-state index in [1.165, 1.54) is 25.9 Å². The van der Waals surface area contributed by atoms with Gasteiger partial charge < -0.3 is 14.2 Å². The van der Waals surface area contributed by atoms with Gasteiger partial charge in [0.1, 0.15) is 5.75 Å². The number of ether oxygens (including phenoxy) is 1. The van der Waals surface area contributed by atoms with E-state index in [0.717, 1.165) is 19.5 Å². The highest BCUT2D eigenvalue weighted by Gasteiger charge is 2.31. The molecule has 0 bridgehead atoms. The zero-order chi connectivity index (χ0) is 17.9. The third kappa shape index (κ3) is 3.72. The van der Waals surface area contributed by atoms with E-state index in [9.17, 15) is 4.79 Å². The topological polar surface area (TPSA) is 71.7 Å². The van der Waals surface area contributed by atoms with Gasteiger partial charge in [-0.05, 0) is 56.6 Å². The number of aryl methyl sites for hydroxylation is 1. The smallest absolute Gasteiger partial charge is 0.253 e. The number of rotatable bonds is 5. The summed E-state index contributed by atoms with van der Waals surface area (Å²) in [7, 11) is 0. The Hall–Kier alpha value is -2.41. The van der Waals surface area contributed by atoms with Crippen LogP contribution in [0.3, 0.4) is 0 Å². The number of hydrogen-bond acceptors (Lipinski definition) is 6. The first-order valence-corrected chi connectivity index (χ1v) is 9.24. The first-order valence-electron chi connectivity index (χ1n) is 9.24. The van der Waals surface area contributed by atoms with E-state index in [1.54, 1.807) is 6.92 Å². The first-order chi connectivity index (χ1) is 12.7. The third-order valence-electron chi connectivity index (χ3n) is 5.15. The monoisotopic (exact) mass is 356 g/mol. The van der Waals surface area contributed by atoms with Crippen LogP contribution in [0.25, 0.3) is 0 Å². The quantitative estimate of drug-likeness (QED) is 0.818. The Morgan fingerprint density at radius 2 is 2.00 bits per heavy atom. The maximum Gasteiger partial charge on any atom is 0.253 e. The molecule has 0 N–H and O–H groups in total. The van der Waals surface area contributed by atoms with Crippen molar-refractivity contribution in [2.75, 3.05) is 26.2 Å². The van der Waals surface area contributed by atoms with Crippen molar-refractivity contribution in [3.05, 3.63) is 41.5 Å². The minimum atomic E-state index is 0.104. The SMILES string of the molecule is Cc1nc(COc2ccc(C(=O)N3CCC(N4CCCC4)C3)cc2)no1. The van der Waals surface area contributed by atoms with Crippen LogP contribution in [-0.4, -0.2) is 58.1 Å². The van der Waals surface area contributed by atoms with Crippen LogP contribution in [-0.2, 0) is 6.61 Å². The standard InChI is InChI=1S/C19H24N4O3/c1-14-20-18(21-26-14)13-25-17-6-4-15(5-7-17)19(24)23-11-8-16(12-23)22-9-2-3-10-22/h4-7,16H,2-3,8-13H2,1H3. The molecule has 3 heterocycles. The number of carbonyl (C=O) groups is 1. The predicted molar refractivity (Wildman–Crippen MR) is 94.9 cm³/mol. The summed E-state index contributed by atoms with van der Waals surface area (Å²) in [5.41, 5.74) is 0.704. The summed E-state index contributed by atoms with van der Waals surface area (Å²) in [5.74, 6) is 1.81. The van der Waals surface area contributed by atoms with E-state index in [-0.39, 0.29) is 12.5 Å². The molecule has 1 amide bonds. The molecule has 0 spiro atoms. The van der Waals surface area contributed by atoms with Crippen molar-refractivity contribution in [2.24, 2.45) is 0 Å². The Kier molecular flexibility index (Phi) is 4.88. The van der Waals surface area contributed by atoms with Gasteiger partial charge in [-0.2, -0.15) is 4.98 Å². The Labute approximate surface area is 152 Å². The fraction of sp³-hybridized carbons (Fsp3) is 0.526. The maximum atomic E-state index is 12.7. The highest BCUT2D eigenvalue weighted by atomic mass is 16.5. The highest BCUT2D eigenvalue weighted by molar-refractivity contribution is 5.94. The van der Waals surface area contributed by atoms with Crippen LogP contribution in [0.2, 0.25) is 0 Å². The second kappa shape index (κ2) is 7.45. The summed E-state index contributed by atoms with van der Waals surface area (Å²) in [5, 5.41) is 3.79. The molecule has 0 aliphatic carbocycles. The average Bonchev–Trinajstić information content (AvgIpc) is 3.41. The van der Waals surface area contributed by atoms with Crippen molar-refractivity contribution in [2.45, 2.75) is 38.8 Å². The maximum absolute atomic E-state index is 12.7.